The molecule has 0 aromatic carbocycles. The van der Waals surface area contributed by atoms with Crippen molar-refractivity contribution in [2.75, 3.05) is 0 Å². The van der Waals surface area contributed by atoms with Crippen molar-refractivity contribution in [3.63, 3.8) is 0 Å². The normalized spacial score (nSPS) is 28.9. The molecule has 0 atom stereocenters. The summed E-state index contributed by atoms with van der Waals surface area (Å²) >= 11 is 0. The smallest absolute Gasteiger partial charge is 0.328 e. The molecule has 0 unspecified atom stereocenters. The molecule has 2 fully saturated rings. The van der Waals surface area contributed by atoms with Crippen molar-refractivity contribution < 1.29 is 9.90 Å². The van der Waals surface area contributed by atoms with E-state index in [1.165, 1.54) is 102 Å². The van der Waals surface area contributed by atoms with Gasteiger partial charge in [0.15, 0.2) is 0 Å². The predicted octanol–water partition coefficient (Wildman–Crippen LogP) is 7.94. The van der Waals surface area contributed by atoms with E-state index in [0.717, 1.165) is 30.1 Å². The lowest BCUT2D eigenvalue weighted by Gasteiger charge is -2.38. The third kappa shape index (κ3) is 9.43. The summed E-state index contributed by atoms with van der Waals surface area (Å²) in [5.41, 5.74) is 0. The molecule has 0 aliphatic heterocycles. The Morgan fingerprint density at radius 3 is 1.93 bits per heavy atom. The highest BCUT2D eigenvalue weighted by Gasteiger charge is 2.30. The summed E-state index contributed by atoms with van der Waals surface area (Å²) in [5, 5.41) is 8.57. The van der Waals surface area contributed by atoms with E-state index in [0.29, 0.717) is 0 Å². The minimum absolute atomic E-state index is 0.871. The Kier molecular flexibility index (Phi) is 11.6. The highest BCUT2D eigenvalue weighted by molar-refractivity contribution is 5.80. The summed E-state index contributed by atoms with van der Waals surface area (Å²) in [7, 11) is 0. The van der Waals surface area contributed by atoms with Gasteiger partial charge in [-0.15, -0.1) is 0 Å². The number of carbonyl (C=O) groups is 1. The van der Waals surface area contributed by atoms with E-state index in [-0.39, 0.29) is 0 Å². The molecule has 2 aliphatic rings. The Balaban J connectivity index is 1.53. The Bertz CT molecular complexity index is 463. The number of allylic oxidation sites excluding steroid dienone is 3. The lowest BCUT2D eigenvalue weighted by atomic mass is 9.68. The molecule has 0 radical (unpaired) electrons. The SMILES string of the molecule is CCCCCCC[C@H]1CC[C@H]([C@H]2CC[C@H](CC/C=C/C=C/C(=O)O)CC2)CC1. The van der Waals surface area contributed by atoms with Crippen LogP contribution in [-0.4, -0.2) is 11.1 Å². The van der Waals surface area contributed by atoms with Crippen molar-refractivity contribution in [1.82, 2.24) is 0 Å². The molecule has 0 saturated heterocycles. The molecule has 2 aliphatic carbocycles. The molecule has 1 N–H and O–H groups in total. The van der Waals surface area contributed by atoms with Crippen molar-refractivity contribution in [1.29, 1.82) is 0 Å². The minimum Gasteiger partial charge on any atom is -0.478 e. The van der Waals surface area contributed by atoms with E-state index in [9.17, 15) is 4.79 Å². The van der Waals surface area contributed by atoms with Gasteiger partial charge in [0.05, 0.1) is 0 Å². The molecule has 2 saturated carbocycles. The van der Waals surface area contributed by atoms with Gasteiger partial charge in [0.1, 0.15) is 0 Å². The lowest BCUT2D eigenvalue weighted by molar-refractivity contribution is -0.131. The molecule has 0 aromatic rings. The first-order valence-corrected chi connectivity index (χ1v) is 12.2. The average molecular weight is 389 g/mol. The quantitative estimate of drug-likeness (QED) is 0.209. The summed E-state index contributed by atoms with van der Waals surface area (Å²) in [6, 6.07) is 0. The van der Waals surface area contributed by atoms with Crippen LogP contribution in [0.3, 0.4) is 0 Å². The fourth-order valence-corrected chi connectivity index (χ4v) is 5.58. The second-order valence-corrected chi connectivity index (χ2v) is 9.47. The van der Waals surface area contributed by atoms with Gasteiger partial charge in [-0.25, -0.2) is 4.79 Å². The fraction of sp³-hybridized carbons (Fsp3) is 0.808. The van der Waals surface area contributed by atoms with Gasteiger partial charge in [-0.1, -0.05) is 89.4 Å². The first-order chi connectivity index (χ1) is 13.7. The average Bonchev–Trinajstić information content (AvgIpc) is 2.71. The maximum Gasteiger partial charge on any atom is 0.328 e. The molecular formula is C26H44O2. The van der Waals surface area contributed by atoms with Crippen LogP contribution in [0.5, 0.6) is 0 Å². The molecular weight excluding hydrogens is 344 g/mol. The molecule has 2 heteroatoms. The molecule has 0 bridgehead atoms. The fourth-order valence-electron chi connectivity index (χ4n) is 5.58. The number of carboxylic acid groups (broad SMARTS) is 1. The number of rotatable bonds is 12. The zero-order valence-electron chi connectivity index (χ0n) is 18.3. The standard InChI is InChI=1S/C26H44O2/c1-2-3-4-5-8-11-22-14-18-24(19-15-22)25-20-16-23(17-21-25)12-9-6-7-10-13-26(27)28/h6-7,10,13,22-25H,2-5,8-9,11-12,14-21H2,1H3,(H,27,28)/b7-6+,13-10+/t22-,23-,24-,25-. The van der Waals surface area contributed by atoms with Crippen LogP contribution in [0, 0.1) is 23.7 Å². The topological polar surface area (TPSA) is 37.3 Å². The van der Waals surface area contributed by atoms with Crippen LogP contribution in [-0.2, 0) is 4.79 Å². The van der Waals surface area contributed by atoms with Crippen LogP contribution in [0.25, 0.3) is 0 Å². The zero-order chi connectivity index (χ0) is 20.0. The largest absolute Gasteiger partial charge is 0.478 e. The van der Waals surface area contributed by atoms with E-state index in [2.05, 4.69) is 13.0 Å². The first-order valence-electron chi connectivity index (χ1n) is 12.2. The molecule has 0 aromatic heterocycles. The third-order valence-corrected chi connectivity index (χ3v) is 7.39. The number of hydrogen-bond acceptors (Lipinski definition) is 1. The van der Waals surface area contributed by atoms with Gasteiger partial charge in [0, 0.05) is 6.08 Å². The van der Waals surface area contributed by atoms with Crippen molar-refractivity contribution >= 4 is 5.97 Å². The maximum absolute atomic E-state index is 10.4. The highest BCUT2D eigenvalue weighted by atomic mass is 16.4. The Hall–Kier alpha value is -1.05. The van der Waals surface area contributed by atoms with Gasteiger partial charge in [-0.3, -0.25) is 0 Å². The number of hydrogen-bond donors (Lipinski definition) is 1. The van der Waals surface area contributed by atoms with Crippen LogP contribution in [0.4, 0.5) is 0 Å². The summed E-state index contributed by atoms with van der Waals surface area (Å²) in [5.74, 6) is 3.10. The summed E-state index contributed by atoms with van der Waals surface area (Å²) < 4.78 is 0. The summed E-state index contributed by atoms with van der Waals surface area (Å²) in [6.45, 7) is 2.30. The van der Waals surface area contributed by atoms with Gasteiger partial charge >= 0.3 is 5.97 Å². The van der Waals surface area contributed by atoms with E-state index < -0.39 is 5.97 Å². The van der Waals surface area contributed by atoms with Crippen molar-refractivity contribution in [2.24, 2.45) is 23.7 Å². The molecule has 160 valence electrons. The molecule has 28 heavy (non-hydrogen) atoms. The van der Waals surface area contributed by atoms with Crippen molar-refractivity contribution in [2.45, 2.75) is 110 Å². The monoisotopic (exact) mass is 388 g/mol. The van der Waals surface area contributed by atoms with E-state index in [1.807, 2.05) is 6.08 Å². The van der Waals surface area contributed by atoms with Crippen LogP contribution in [0.1, 0.15) is 110 Å². The Labute approximate surface area is 173 Å². The Morgan fingerprint density at radius 1 is 0.786 bits per heavy atom. The van der Waals surface area contributed by atoms with Crippen LogP contribution >= 0.6 is 0 Å². The first kappa shape index (κ1) is 23.2. The maximum atomic E-state index is 10.4. The zero-order valence-corrected chi connectivity index (χ0v) is 18.3. The second kappa shape index (κ2) is 14.0. The van der Waals surface area contributed by atoms with Crippen molar-refractivity contribution in [3.8, 4) is 0 Å². The Morgan fingerprint density at radius 2 is 1.36 bits per heavy atom. The second-order valence-electron chi connectivity index (χ2n) is 9.47. The summed E-state index contributed by atoms with van der Waals surface area (Å²) in [4.78, 5) is 10.4. The number of unbranched alkanes of at least 4 members (excludes halogenated alkanes) is 4. The van der Waals surface area contributed by atoms with E-state index in [1.54, 1.807) is 6.08 Å². The van der Waals surface area contributed by atoms with E-state index >= 15 is 0 Å². The third-order valence-electron chi connectivity index (χ3n) is 7.39. The minimum atomic E-state index is -0.871. The van der Waals surface area contributed by atoms with Gasteiger partial charge in [-0.05, 0) is 62.2 Å². The van der Waals surface area contributed by atoms with Crippen LogP contribution in [0.2, 0.25) is 0 Å². The lowest BCUT2D eigenvalue weighted by Crippen LogP contribution is -2.25. The number of carboxylic acids is 1. The van der Waals surface area contributed by atoms with Gasteiger partial charge in [0.2, 0.25) is 0 Å². The van der Waals surface area contributed by atoms with Crippen LogP contribution in [0.15, 0.2) is 24.3 Å². The number of aliphatic carboxylic acids is 1. The predicted molar refractivity (Wildman–Crippen MR) is 119 cm³/mol. The molecule has 2 nitrogen and oxygen atoms in total. The molecule has 2 rings (SSSR count). The van der Waals surface area contributed by atoms with Gasteiger partial charge < -0.3 is 5.11 Å². The van der Waals surface area contributed by atoms with Crippen molar-refractivity contribution in [3.05, 3.63) is 24.3 Å². The van der Waals surface area contributed by atoms with Gasteiger partial charge in [-0.2, -0.15) is 0 Å². The molecule has 0 amide bonds. The molecule has 0 spiro atoms. The van der Waals surface area contributed by atoms with Crippen LogP contribution < -0.4 is 0 Å². The summed E-state index contributed by atoms with van der Waals surface area (Å²) in [6.07, 6.45) is 29.6. The van der Waals surface area contributed by atoms with E-state index in [4.69, 9.17) is 5.11 Å². The molecule has 0 heterocycles. The highest BCUT2D eigenvalue weighted by Crippen LogP contribution is 2.43. The van der Waals surface area contributed by atoms with Gasteiger partial charge in [0.25, 0.3) is 0 Å².